The minimum atomic E-state index is -2.23. The molecule has 0 radical (unpaired) electrons. The van der Waals surface area contributed by atoms with Crippen molar-refractivity contribution >= 4 is 18.4 Å². The first-order valence-corrected chi connectivity index (χ1v) is 16.5. The Kier molecular flexibility index (Phi) is 9.31. The van der Waals surface area contributed by atoms with E-state index in [2.05, 4.69) is 33.8 Å². The van der Waals surface area contributed by atoms with Gasteiger partial charge in [-0.15, -0.1) is 0 Å². The maximum absolute atomic E-state index is 6.40. The molecule has 1 nitrogen and oxygen atoms in total. The van der Waals surface area contributed by atoms with Crippen molar-refractivity contribution in [3.63, 3.8) is 0 Å². The van der Waals surface area contributed by atoms with Crippen molar-refractivity contribution in [2.45, 2.75) is 98.5 Å². The fourth-order valence-corrected chi connectivity index (χ4v) is 19.4. The van der Waals surface area contributed by atoms with E-state index in [1.54, 1.807) is 3.78 Å². The van der Waals surface area contributed by atoms with E-state index in [-0.39, 0.29) is 0 Å². The van der Waals surface area contributed by atoms with Gasteiger partial charge in [0.1, 0.15) is 0 Å². The normalized spacial score (nSPS) is 19.6. The van der Waals surface area contributed by atoms with Crippen LogP contribution in [0.3, 0.4) is 0 Å². The molecule has 0 saturated carbocycles. The number of allylic oxidation sites excluding steroid dienone is 1. The first-order chi connectivity index (χ1) is 9.68. The van der Waals surface area contributed by atoms with Crippen molar-refractivity contribution in [2.24, 2.45) is 0 Å². The van der Waals surface area contributed by atoms with Crippen molar-refractivity contribution in [1.82, 2.24) is 0 Å². The Bertz CT molecular complexity index is 263. The van der Waals surface area contributed by atoms with Crippen molar-refractivity contribution in [3.05, 3.63) is 9.85 Å². The van der Waals surface area contributed by atoms with Crippen LogP contribution in [0.5, 0.6) is 0 Å². The molecule has 1 aliphatic heterocycles. The van der Waals surface area contributed by atoms with Crippen LogP contribution in [0.1, 0.15) is 79.1 Å². The zero-order valence-electron chi connectivity index (χ0n) is 14.3. The topological polar surface area (TPSA) is 9.23 Å². The van der Waals surface area contributed by atoms with Crippen LogP contribution in [-0.2, 0) is 4.74 Å². The van der Waals surface area contributed by atoms with E-state index in [4.69, 9.17) is 4.74 Å². The second-order valence-corrected chi connectivity index (χ2v) is 19.7. The Hall–Kier alpha value is 0.339. The summed E-state index contributed by atoms with van der Waals surface area (Å²) in [4.78, 5) is 0. The first-order valence-electron chi connectivity index (χ1n) is 9.05. The molecule has 1 heterocycles. The summed E-state index contributed by atoms with van der Waals surface area (Å²) in [6.07, 6.45) is 13.8. The summed E-state index contributed by atoms with van der Waals surface area (Å²) in [6, 6.07) is 0. The summed E-state index contributed by atoms with van der Waals surface area (Å²) >= 11 is -2.23. The van der Waals surface area contributed by atoms with E-state index in [0.717, 1.165) is 0 Å². The summed E-state index contributed by atoms with van der Waals surface area (Å²) in [7, 11) is 0. The minimum absolute atomic E-state index is 0.468. The van der Waals surface area contributed by atoms with Gasteiger partial charge in [-0.2, -0.15) is 0 Å². The van der Waals surface area contributed by atoms with E-state index in [9.17, 15) is 0 Å². The van der Waals surface area contributed by atoms with Gasteiger partial charge < -0.3 is 0 Å². The summed E-state index contributed by atoms with van der Waals surface area (Å²) < 4.78 is 12.6. The van der Waals surface area contributed by atoms with Gasteiger partial charge in [0, 0.05) is 0 Å². The summed E-state index contributed by atoms with van der Waals surface area (Å²) in [5, 5.41) is 0. The number of hydrogen-bond donors (Lipinski definition) is 0. The SMILES string of the molecule is CCC[CH2][Sn]([CH2]CCC)([CH2]CCC)[C]1=CCC[C@H](C)O1. The van der Waals surface area contributed by atoms with E-state index < -0.39 is 18.4 Å². The predicted molar refractivity (Wildman–Crippen MR) is 92.8 cm³/mol. The molecule has 0 aromatic rings. The molecule has 1 atom stereocenters. The third kappa shape index (κ3) is 5.61. The van der Waals surface area contributed by atoms with Gasteiger partial charge in [0.05, 0.1) is 0 Å². The molecule has 0 aromatic heterocycles. The van der Waals surface area contributed by atoms with Gasteiger partial charge in [0.2, 0.25) is 0 Å². The molecule has 0 spiro atoms. The van der Waals surface area contributed by atoms with Gasteiger partial charge in [0.25, 0.3) is 0 Å². The molecule has 1 aliphatic rings. The Morgan fingerprint density at radius 1 is 1.00 bits per heavy atom. The summed E-state index contributed by atoms with van der Waals surface area (Å²) in [6.45, 7) is 9.29. The molecule has 1 rings (SSSR count). The summed E-state index contributed by atoms with van der Waals surface area (Å²) in [5.74, 6) is 0. The van der Waals surface area contributed by atoms with Crippen LogP contribution in [0, 0.1) is 0 Å². The Morgan fingerprint density at radius 3 is 1.90 bits per heavy atom. The van der Waals surface area contributed by atoms with Crippen LogP contribution in [0.25, 0.3) is 0 Å². The first kappa shape index (κ1) is 18.4. The molecule has 0 aromatic carbocycles. The fraction of sp³-hybridized carbons (Fsp3) is 0.889. The molecule has 0 saturated heterocycles. The number of rotatable bonds is 10. The molecular formula is C18H36OSn. The van der Waals surface area contributed by atoms with Gasteiger partial charge in [0.15, 0.2) is 0 Å². The fourth-order valence-electron chi connectivity index (χ4n) is 3.40. The third-order valence-corrected chi connectivity index (χ3v) is 19.9. The van der Waals surface area contributed by atoms with Crippen molar-refractivity contribution in [3.8, 4) is 0 Å². The molecule has 0 aliphatic carbocycles. The van der Waals surface area contributed by atoms with E-state index >= 15 is 0 Å². The predicted octanol–water partition coefficient (Wildman–Crippen LogP) is 6.46. The third-order valence-electron chi connectivity index (χ3n) is 4.78. The van der Waals surface area contributed by atoms with Crippen molar-refractivity contribution < 1.29 is 4.74 Å². The van der Waals surface area contributed by atoms with Gasteiger partial charge in [-0.1, -0.05) is 0 Å². The molecule has 0 amide bonds. The Labute approximate surface area is 131 Å². The van der Waals surface area contributed by atoms with E-state index in [1.807, 2.05) is 0 Å². The van der Waals surface area contributed by atoms with Crippen LogP contribution < -0.4 is 0 Å². The molecule has 0 fully saturated rings. The molecule has 20 heavy (non-hydrogen) atoms. The number of hydrogen-bond acceptors (Lipinski definition) is 1. The molecule has 0 N–H and O–H groups in total. The van der Waals surface area contributed by atoms with Crippen LogP contribution >= 0.6 is 0 Å². The Morgan fingerprint density at radius 2 is 1.50 bits per heavy atom. The maximum atomic E-state index is 6.40. The van der Waals surface area contributed by atoms with Crippen LogP contribution in [-0.4, -0.2) is 24.5 Å². The van der Waals surface area contributed by atoms with Crippen molar-refractivity contribution in [1.29, 1.82) is 0 Å². The number of ether oxygens (including phenoxy) is 1. The zero-order valence-corrected chi connectivity index (χ0v) is 17.2. The van der Waals surface area contributed by atoms with Crippen LogP contribution in [0.2, 0.25) is 13.3 Å². The quantitative estimate of drug-likeness (QED) is 0.391. The van der Waals surface area contributed by atoms with Gasteiger partial charge >= 0.3 is 131 Å². The standard InChI is InChI=1S/C6H9O.3C4H9.Sn/c1-6-4-2-3-5-7-6;3*1-3-4-2;/h3,6H,2,4H2,1H3;3*1,3-4H2,2H3;/t6-;;;;/m0..../s1. The van der Waals surface area contributed by atoms with Gasteiger partial charge in [-0.25, -0.2) is 0 Å². The molecular weight excluding hydrogens is 351 g/mol. The van der Waals surface area contributed by atoms with E-state index in [0.29, 0.717) is 6.10 Å². The number of unbranched alkanes of at least 4 members (excludes halogenated alkanes) is 3. The van der Waals surface area contributed by atoms with Crippen LogP contribution in [0.4, 0.5) is 0 Å². The average molecular weight is 387 g/mol. The monoisotopic (exact) mass is 388 g/mol. The summed E-state index contributed by atoms with van der Waals surface area (Å²) in [5.41, 5.74) is 0. The Balaban J connectivity index is 2.89. The molecule has 2 heteroatoms. The van der Waals surface area contributed by atoms with Crippen LogP contribution in [0.15, 0.2) is 9.85 Å². The van der Waals surface area contributed by atoms with Gasteiger partial charge in [-0.05, 0) is 0 Å². The van der Waals surface area contributed by atoms with E-state index in [1.165, 1.54) is 64.7 Å². The second-order valence-electron chi connectivity index (χ2n) is 6.67. The van der Waals surface area contributed by atoms with Crippen molar-refractivity contribution in [2.75, 3.05) is 0 Å². The molecule has 0 unspecified atom stereocenters. The molecule has 0 bridgehead atoms. The second kappa shape index (κ2) is 10.1. The van der Waals surface area contributed by atoms with Gasteiger partial charge in [-0.3, -0.25) is 0 Å². The zero-order chi connectivity index (χ0) is 14.8. The molecule has 118 valence electrons. The average Bonchev–Trinajstić information content (AvgIpc) is 2.47.